The summed E-state index contributed by atoms with van der Waals surface area (Å²) in [5.41, 5.74) is 6.77. The van der Waals surface area contributed by atoms with Crippen molar-refractivity contribution in [3.05, 3.63) is 53.7 Å². The van der Waals surface area contributed by atoms with Crippen LogP contribution < -0.4 is 11.3 Å². The van der Waals surface area contributed by atoms with Crippen LogP contribution in [0.4, 0.5) is 0 Å². The molecule has 3 nitrogen and oxygen atoms in total. The number of nitrogens with one attached hydrogen (secondary N) is 1. The normalized spacial score (nSPS) is 16.9. The van der Waals surface area contributed by atoms with Gasteiger partial charge in [0.05, 0.1) is 5.52 Å². The van der Waals surface area contributed by atoms with Crippen LogP contribution in [0.5, 0.6) is 0 Å². The third-order valence-corrected chi connectivity index (χ3v) is 4.08. The molecular formula is C17H21N3. The number of nitrogens with zero attached hydrogens (tertiary/aromatic N) is 1. The summed E-state index contributed by atoms with van der Waals surface area (Å²) in [5.74, 6) is 5.77. The highest BCUT2D eigenvalue weighted by atomic mass is 15.2. The number of rotatable bonds is 4. The van der Waals surface area contributed by atoms with E-state index in [9.17, 15) is 0 Å². The molecule has 3 N–H and O–H groups in total. The van der Waals surface area contributed by atoms with E-state index in [2.05, 4.69) is 40.8 Å². The molecule has 0 amide bonds. The third kappa shape index (κ3) is 2.89. The van der Waals surface area contributed by atoms with Crippen LogP contribution in [0.15, 0.2) is 48.2 Å². The highest BCUT2D eigenvalue weighted by molar-refractivity contribution is 5.79. The minimum Gasteiger partial charge on any atom is -0.271 e. The van der Waals surface area contributed by atoms with Gasteiger partial charge < -0.3 is 0 Å². The summed E-state index contributed by atoms with van der Waals surface area (Å²) in [4.78, 5) is 4.36. The van der Waals surface area contributed by atoms with Gasteiger partial charge in [0.15, 0.2) is 0 Å². The third-order valence-electron chi connectivity index (χ3n) is 4.08. The van der Waals surface area contributed by atoms with Crippen LogP contribution in [0.25, 0.3) is 10.9 Å². The van der Waals surface area contributed by atoms with E-state index in [0.29, 0.717) is 0 Å². The van der Waals surface area contributed by atoms with E-state index in [1.807, 2.05) is 12.3 Å². The molecule has 0 bridgehead atoms. The summed E-state index contributed by atoms with van der Waals surface area (Å²) in [6, 6.07) is 10.6. The van der Waals surface area contributed by atoms with E-state index in [0.717, 1.165) is 11.9 Å². The monoisotopic (exact) mass is 267 g/mol. The molecule has 0 spiro atoms. The fraction of sp³-hybridized carbons (Fsp3) is 0.353. The minimum absolute atomic E-state index is 0.184. The van der Waals surface area contributed by atoms with Gasteiger partial charge in [0, 0.05) is 17.6 Å². The number of allylic oxidation sites excluding steroid dienone is 1. The second-order valence-corrected chi connectivity index (χ2v) is 5.49. The molecule has 20 heavy (non-hydrogen) atoms. The Morgan fingerprint density at radius 1 is 1.25 bits per heavy atom. The van der Waals surface area contributed by atoms with Gasteiger partial charge in [0.2, 0.25) is 0 Å². The van der Waals surface area contributed by atoms with E-state index in [1.165, 1.54) is 42.2 Å². The van der Waals surface area contributed by atoms with E-state index in [-0.39, 0.29) is 6.04 Å². The number of benzene rings is 1. The smallest absolute Gasteiger partial charge is 0.0702 e. The SMILES string of the molecule is NNC(CC1=CCCCC1)c1ccc2ncccc2c1. The number of aromatic nitrogens is 1. The Bertz CT molecular complexity index is 618. The Labute approximate surface area is 119 Å². The van der Waals surface area contributed by atoms with Crippen LogP contribution in [0.1, 0.15) is 43.7 Å². The lowest BCUT2D eigenvalue weighted by Crippen LogP contribution is -2.28. The molecule has 2 aromatic rings. The molecule has 1 aliphatic carbocycles. The first-order valence-corrected chi connectivity index (χ1v) is 7.35. The van der Waals surface area contributed by atoms with Crippen LogP contribution in [0.2, 0.25) is 0 Å². The molecule has 104 valence electrons. The Hall–Kier alpha value is -1.71. The molecule has 3 rings (SSSR count). The van der Waals surface area contributed by atoms with Crippen LogP contribution >= 0.6 is 0 Å². The summed E-state index contributed by atoms with van der Waals surface area (Å²) in [7, 11) is 0. The predicted octanol–water partition coefficient (Wildman–Crippen LogP) is 3.63. The minimum atomic E-state index is 0.184. The first-order chi connectivity index (χ1) is 9.86. The van der Waals surface area contributed by atoms with Crippen molar-refractivity contribution in [1.82, 2.24) is 10.4 Å². The van der Waals surface area contributed by atoms with Crippen LogP contribution in [0, 0.1) is 0 Å². The fourth-order valence-corrected chi connectivity index (χ4v) is 2.94. The van der Waals surface area contributed by atoms with Gasteiger partial charge in [0.1, 0.15) is 0 Å². The van der Waals surface area contributed by atoms with Crippen LogP contribution in [-0.4, -0.2) is 4.98 Å². The van der Waals surface area contributed by atoms with Crippen molar-refractivity contribution in [3.8, 4) is 0 Å². The summed E-state index contributed by atoms with van der Waals surface area (Å²) in [6.07, 6.45) is 10.3. The van der Waals surface area contributed by atoms with Crippen LogP contribution in [0.3, 0.4) is 0 Å². The maximum atomic E-state index is 5.77. The summed E-state index contributed by atoms with van der Waals surface area (Å²) in [5, 5.41) is 1.17. The van der Waals surface area contributed by atoms with Gasteiger partial charge in [-0.2, -0.15) is 0 Å². The summed E-state index contributed by atoms with van der Waals surface area (Å²) in [6.45, 7) is 0. The molecule has 1 aromatic carbocycles. The average molecular weight is 267 g/mol. The molecule has 1 aromatic heterocycles. The summed E-state index contributed by atoms with van der Waals surface area (Å²) >= 11 is 0. The first kappa shape index (κ1) is 13.3. The molecule has 0 radical (unpaired) electrons. The van der Waals surface area contributed by atoms with Gasteiger partial charge in [-0.3, -0.25) is 16.3 Å². The van der Waals surface area contributed by atoms with E-state index in [4.69, 9.17) is 5.84 Å². The van der Waals surface area contributed by atoms with Crippen LogP contribution in [-0.2, 0) is 0 Å². The average Bonchev–Trinajstić information content (AvgIpc) is 2.53. The molecule has 0 fully saturated rings. The van der Waals surface area contributed by atoms with E-state index in [1.54, 1.807) is 0 Å². The molecule has 1 atom stereocenters. The first-order valence-electron chi connectivity index (χ1n) is 7.35. The number of pyridine rings is 1. The zero-order valence-corrected chi connectivity index (χ0v) is 11.7. The number of nitrogens with two attached hydrogens (primary N) is 1. The molecule has 1 unspecified atom stereocenters. The molecule has 3 heteroatoms. The second kappa shape index (κ2) is 6.16. The standard InChI is InChI=1S/C17H21N3/c18-20-17(11-13-5-2-1-3-6-13)15-8-9-16-14(12-15)7-4-10-19-16/h4-5,7-10,12,17,20H,1-3,6,11,18H2. The highest BCUT2D eigenvalue weighted by Gasteiger charge is 2.14. The van der Waals surface area contributed by atoms with Gasteiger partial charge in [-0.15, -0.1) is 0 Å². The van der Waals surface area contributed by atoms with Gasteiger partial charge >= 0.3 is 0 Å². The predicted molar refractivity (Wildman–Crippen MR) is 83.0 cm³/mol. The lowest BCUT2D eigenvalue weighted by Gasteiger charge is -2.20. The Morgan fingerprint density at radius 3 is 3.00 bits per heavy atom. The molecular weight excluding hydrogens is 246 g/mol. The quantitative estimate of drug-likeness (QED) is 0.505. The van der Waals surface area contributed by atoms with Crippen molar-refractivity contribution >= 4 is 10.9 Å². The lowest BCUT2D eigenvalue weighted by molar-refractivity contribution is 0.529. The maximum absolute atomic E-state index is 5.77. The Morgan fingerprint density at radius 2 is 2.20 bits per heavy atom. The zero-order chi connectivity index (χ0) is 13.8. The van der Waals surface area contributed by atoms with Crippen molar-refractivity contribution in [1.29, 1.82) is 0 Å². The highest BCUT2D eigenvalue weighted by Crippen LogP contribution is 2.28. The van der Waals surface area contributed by atoms with Crippen molar-refractivity contribution < 1.29 is 0 Å². The van der Waals surface area contributed by atoms with E-state index < -0.39 is 0 Å². The molecule has 0 aliphatic heterocycles. The van der Waals surface area contributed by atoms with Gasteiger partial charge in [-0.1, -0.05) is 23.8 Å². The zero-order valence-electron chi connectivity index (χ0n) is 11.7. The van der Waals surface area contributed by atoms with E-state index >= 15 is 0 Å². The number of hydrogen-bond donors (Lipinski definition) is 2. The molecule has 0 saturated carbocycles. The van der Waals surface area contributed by atoms with Crippen molar-refractivity contribution in [2.75, 3.05) is 0 Å². The second-order valence-electron chi connectivity index (χ2n) is 5.49. The summed E-state index contributed by atoms with van der Waals surface area (Å²) < 4.78 is 0. The number of hydrazine groups is 1. The molecule has 1 aliphatic rings. The maximum Gasteiger partial charge on any atom is 0.0702 e. The van der Waals surface area contributed by atoms with Gasteiger partial charge in [-0.25, -0.2) is 0 Å². The largest absolute Gasteiger partial charge is 0.271 e. The van der Waals surface area contributed by atoms with Crippen molar-refractivity contribution in [3.63, 3.8) is 0 Å². The Kier molecular flexibility index (Phi) is 4.09. The topological polar surface area (TPSA) is 50.9 Å². The number of hydrogen-bond acceptors (Lipinski definition) is 3. The Balaban J connectivity index is 1.84. The van der Waals surface area contributed by atoms with Gasteiger partial charge in [0.25, 0.3) is 0 Å². The number of fused-ring (bicyclic) bond motifs is 1. The fourth-order valence-electron chi connectivity index (χ4n) is 2.94. The lowest BCUT2D eigenvalue weighted by atomic mass is 9.91. The molecule has 0 saturated heterocycles. The van der Waals surface area contributed by atoms with Gasteiger partial charge in [-0.05, 0) is 55.9 Å². The van der Waals surface area contributed by atoms with Crippen molar-refractivity contribution in [2.45, 2.75) is 38.1 Å². The van der Waals surface area contributed by atoms with Crippen molar-refractivity contribution in [2.24, 2.45) is 5.84 Å². The molecule has 1 heterocycles.